The van der Waals surface area contributed by atoms with Gasteiger partial charge in [0.15, 0.2) is 0 Å². The Labute approximate surface area is 145 Å². The van der Waals surface area contributed by atoms with Gasteiger partial charge in [0, 0.05) is 25.3 Å². The number of nitrogens with zero attached hydrogens (tertiary/aromatic N) is 1. The molecule has 25 heavy (non-hydrogen) atoms. The highest BCUT2D eigenvalue weighted by Crippen LogP contribution is 2.33. The van der Waals surface area contributed by atoms with E-state index in [0.29, 0.717) is 13.2 Å². The summed E-state index contributed by atoms with van der Waals surface area (Å²) in [6, 6.07) is 12.6. The summed E-state index contributed by atoms with van der Waals surface area (Å²) in [6.45, 7) is 1.17. The molecule has 1 aromatic carbocycles. The molecule has 1 amide bonds. The molecule has 130 valence electrons. The van der Waals surface area contributed by atoms with Crippen molar-refractivity contribution in [3.05, 3.63) is 65.5 Å². The monoisotopic (exact) mass is 340 g/mol. The van der Waals surface area contributed by atoms with Crippen LogP contribution in [0.5, 0.6) is 0 Å². The number of rotatable bonds is 5. The molecule has 2 aromatic rings. The molecule has 3 rings (SSSR count). The fourth-order valence-electron chi connectivity index (χ4n) is 3.07. The number of carboxylic acids is 1. The molecule has 1 aliphatic rings. The Morgan fingerprint density at radius 2 is 2.04 bits per heavy atom. The molecule has 0 spiro atoms. The standard InChI is InChI=1S/C19H20N2O4/c22-18(16-11-14(19(23)24)8-9-20-16)21-12-15-7-4-10-25-17(15)13-5-2-1-3-6-13/h1-3,5-6,8-9,11,15,17H,4,7,10,12H2,(H,21,22)(H,23,24). The van der Waals surface area contributed by atoms with Crippen molar-refractivity contribution in [3.8, 4) is 0 Å². The van der Waals surface area contributed by atoms with Crippen molar-refractivity contribution in [3.63, 3.8) is 0 Å². The lowest BCUT2D eigenvalue weighted by atomic mass is 9.89. The van der Waals surface area contributed by atoms with Gasteiger partial charge in [0.25, 0.3) is 5.91 Å². The third-order valence-electron chi connectivity index (χ3n) is 4.34. The van der Waals surface area contributed by atoms with Gasteiger partial charge < -0.3 is 15.2 Å². The van der Waals surface area contributed by atoms with Gasteiger partial charge in [-0.2, -0.15) is 0 Å². The molecule has 2 unspecified atom stereocenters. The van der Waals surface area contributed by atoms with Gasteiger partial charge in [0.2, 0.25) is 0 Å². The molecule has 0 aliphatic carbocycles. The lowest BCUT2D eigenvalue weighted by Crippen LogP contribution is -2.35. The molecule has 2 heterocycles. The van der Waals surface area contributed by atoms with E-state index in [0.717, 1.165) is 18.4 Å². The zero-order valence-corrected chi connectivity index (χ0v) is 13.7. The van der Waals surface area contributed by atoms with Gasteiger partial charge in [0.1, 0.15) is 5.69 Å². The summed E-state index contributed by atoms with van der Waals surface area (Å²) in [5.41, 5.74) is 1.25. The number of ether oxygens (including phenoxy) is 1. The number of aromatic nitrogens is 1. The highest BCUT2D eigenvalue weighted by atomic mass is 16.5. The first-order valence-corrected chi connectivity index (χ1v) is 8.29. The average molecular weight is 340 g/mol. The van der Waals surface area contributed by atoms with E-state index >= 15 is 0 Å². The van der Waals surface area contributed by atoms with Gasteiger partial charge in [-0.25, -0.2) is 4.79 Å². The van der Waals surface area contributed by atoms with Crippen molar-refractivity contribution in [2.45, 2.75) is 18.9 Å². The minimum absolute atomic E-state index is 0.0447. The average Bonchev–Trinajstić information content (AvgIpc) is 2.67. The number of hydrogen-bond donors (Lipinski definition) is 2. The summed E-state index contributed by atoms with van der Waals surface area (Å²) < 4.78 is 5.92. The van der Waals surface area contributed by atoms with Gasteiger partial charge in [-0.15, -0.1) is 0 Å². The van der Waals surface area contributed by atoms with Crippen LogP contribution in [0.15, 0.2) is 48.7 Å². The van der Waals surface area contributed by atoms with Crippen LogP contribution in [0.2, 0.25) is 0 Å². The van der Waals surface area contributed by atoms with Crippen molar-refractivity contribution in [2.75, 3.05) is 13.2 Å². The van der Waals surface area contributed by atoms with Crippen LogP contribution in [0, 0.1) is 5.92 Å². The molecule has 2 atom stereocenters. The molecule has 0 bridgehead atoms. The predicted molar refractivity (Wildman–Crippen MR) is 91.4 cm³/mol. The maximum atomic E-state index is 12.3. The van der Waals surface area contributed by atoms with Gasteiger partial charge in [0.05, 0.1) is 11.7 Å². The Balaban J connectivity index is 1.66. The van der Waals surface area contributed by atoms with Gasteiger partial charge in [-0.3, -0.25) is 9.78 Å². The number of aromatic carboxylic acids is 1. The number of benzene rings is 1. The number of nitrogens with one attached hydrogen (secondary N) is 1. The van der Waals surface area contributed by atoms with Crippen LogP contribution >= 0.6 is 0 Å². The van der Waals surface area contributed by atoms with Crippen molar-refractivity contribution in [1.29, 1.82) is 0 Å². The smallest absolute Gasteiger partial charge is 0.335 e. The third-order valence-corrected chi connectivity index (χ3v) is 4.34. The molecule has 0 radical (unpaired) electrons. The van der Waals surface area contributed by atoms with E-state index in [1.54, 1.807) is 0 Å². The molecular weight excluding hydrogens is 320 g/mol. The molecule has 1 aliphatic heterocycles. The van der Waals surface area contributed by atoms with E-state index in [1.807, 2.05) is 30.3 Å². The predicted octanol–water partition coefficient (Wildman–Crippen LogP) is 2.68. The molecule has 1 fully saturated rings. The van der Waals surface area contributed by atoms with E-state index in [4.69, 9.17) is 9.84 Å². The zero-order chi connectivity index (χ0) is 17.6. The second-order valence-electron chi connectivity index (χ2n) is 6.05. The summed E-state index contributed by atoms with van der Waals surface area (Å²) in [6.07, 6.45) is 3.20. The summed E-state index contributed by atoms with van der Waals surface area (Å²) in [4.78, 5) is 27.3. The minimum Gasteiger partial charge on any atom is -0.478 e. The molecule has 6 heteroatoms. The molecule has 6 nitrogen and oxygen atoms in total. The summed E-state index contributed by atoms with van der Waals surface area (Å²) >= 11 is 0. The quantitative estimate of drug-likeness (QED) is 0.873. The Morgan fingerprint density at radius 3 is 2.80 bits per heavy atom. The van der Waals surface area contributed by atoms with Crippen molar-refractivity contribution in [1.82, 2.24) is 10.3 Å². The summed E-state index contributed by atoms with van der Waals surface area (Å²) in [7, 11) is 0. The number of pyridine rings is 1. The van der Waals surface area contributed by atoms with Gasteiger partial charge in [-0.05, 0) is 30.5 Å². The van der Waals surface area contributed by atoms with Crippen molar-refractivity contribution < 1.29 is 19.4 Å². The SMILES string of the molecule is O=C(O)c1ccnc(C(=O)NCC2CCCOC2c2ccccc2)c1. The Bertz CT molecular complexity index is 748. The first-order chi connectivity index (χ1) is 12.1. The summed E-state index contributed by atoms with van der Waals surface area (Å²) in [5.74, 6) is -1.29. The van der Waals surface area contributed by atoms with E-state index in [1.165, 1.54) is 18.3 Å². The number of hydrogen-bond acceptors (Lipinski definition) is 4. The highest BCUT2D eigenvalue weighted by molar-refractivity contribution is 5.95. The van der Waals surface area contributed by atoms with Gasteiger partial charge >= 0.3 is 5.97 Å². The Hall–Kier alpha value is -2.73. The largest absolute Gasteiger partial charge is 0.478 e. The number of amides is 1. The van der Waals surface area contributed by atoms with Crippen LogP contribution in [-0.2, 0) is 4.74 Å². The maximum absolute atomic E-state index is 12.3. The highest BCUT2D eigenvalue weighted by Gasteiger charge is 2.27. The first-order valence-electron chi connectivity index (χ1n) is 8.29. The Kier molecular flexibility index (Phi) is 5.40. The zero-order valence-electron chi connectivity index (χ0n) is 13.7. The van der Waals surface area contributed by atoms with E-state index in [2.05, 4.69) is 10.3 Å². The number of carbonyl (C=O) groups excluding carboxylic acids is 1. The van der Waals surface area contributed by atoms with Crippen LogP contribution in [0.3, 0.4) is 0 Å². The molecule has 1 aromatic heterocycles. The fourth-order valence-corrected chi connectivity index (χ4v) is 3.07. The van der Waals surface area contributed by atoms with E-state index < -0.39 is 5.97 Å². The van der Waals surface area contributed by atoms with Gasteiger partial charge in [-0.1, -0.05) is 30.3 Å². The lowest BCUT2D eigenvalue weighted by Gasteiger charge is -2.32. The fraction of sp³-hybridized carbons (Fsp3) is 0.316. The number of carboxylic acid groups (broad SMARTS) is 1. The van der Waals surface area contributed by atoms with E-state index in [9.17, 15) is 9.59 Å². The molecule has 0 saturated carbocycles. The minimum atomic E-state index is -1.08. The second kappa shape index (κ2) is 7.90. The summed E-state index contributed by atoms with van der Waals surface area (Å²) in [5, 5.41) is 11.9. The van der Waals surface area contributed by atoms with Crippen molar-refractivity contribution >= 4 is 11.9 Å². The molecular formula is C19H20N2O4. The normalized spacial score (nSPS) is 20.0. The first kappa shape index (κ1) is 17.1. The lowest BCUT2D eigenvalue weighted by molar-refractivity contribution is -0.0272. The van der Waals surface area contributed by atoms with Crippen LogP contribution in [0.1, 0.15) is 45.4 Å². The van der Waals surface area contributed by atoms with Crippen LogP contribution in [0.25, 0.3) is 0 Å². The number of carbonyl (C=O) groups is 2. The molecule has 1 saturated heterocycles. The molecule has 2 N–H and O–H groups in total. The van der Waals surface area contributed by atoms with Crippen LogP contribution < -0.4 is 5.32 Å². The topological polar surface area (TPSA) is 88.5 Å². The third kappa shape index (κ3) is 4.22. The van der Waals surface area contributed by atoms with Crippen molar-refractivity contribution in [2.24, 2.45) is 5.92 Å². The second-order valence-corrected chi connectivity index (χ2v) is 6.05. The Morgan fingerprint density at radius 1 is 1.24 bits per heavy atom. The van der Waals surface area contributed by atoms with Crippen LogP contribution in [-0.4, -0.2) is 35.1 Å². The maximum Gasteiger partial charge on any atom is 0.335 e. The van der Waals surface area contributed by atoms with Crippen LogP contribution in [0.4, 0.5) is 0 Å². The van der Waals surface area contributed by atoms with E-state index in [-0.39, 0.29) is 29.2 Å².